The summed E-state index contributed by atoms with van der Waals surface area (Å²) in [5.74, 6) is -0.594. The van der Waals surface area contributed by atoms with Crippen molar-refractivity contribution in [1.29, 1.82) is 0 Å². The third-order valence-corrected chi connectivity index (χ3v) is 5.71. The first-order valence-corrected chi connectivity index (χ1v) is 9.71. The first kappa shape index (κ1) is 16.6. The van der Waals surface area contributed by atoms with Gasteiger partial charge in [0.1, 0.15) is 4.60 Å². The van der Waals surface area contributed by atoms with Crippen molar-refractivity contribution >= 4 is 44.3 Å². The maximum absolute atomic E-state index is 12.7. The number of hydrogen-bond acceptors (Lipinski definition) is 4. The number of nitrogens with zero attached hydrogens (tertiary/aromatic N) is 3. The fraction of sp³-hybridized carbons (Fsp3) is 0.250. The monoisotopic (exact) mass is 425 g/mol. The number of aromatic nitrogens is 2. The van der Waals surface area contributed by atoms with E-state index in [-0.39, 0.29) is 18.0 Å². The Bertz CT molecular complexity index is 1050. The molecule has 0 aliphatic carbocycles. The van der Waals surface area contributed by atoms with Gasteiger partial charge < -0.3 is 4.74 Å². The van der Waals surface area contributed by atoms with Crippen LogP contribution in [0.5, 0.6) is 0 Å². The van der Waals surface area contributed by atoms with E-state index in [2.05, 4.69) is 21.0 Å². The Morgan fingerprint density at radius 1 is 1.04 bits per heavy atom. The predicted molar refractivity (Wildman–Crippen MR) is 104 cm³/mol. The molecule has 1 atom stereocenters. The lowest BCUT2D eigenvalue weighted by Crippen LogP contribution is -2.29. The summed E-state index contributed by atoms with van der Waals surface area (Å²) in [7, 11) is 0. The van der Waals surface area contributed by atoms with Crippen LogP contribution in [-0.4, -0.2) is 28.2 Å². The minimum Gasteiger partial charge on any atom is -0.356 e. The molecule has 136 valence electrons. The number of hydrogen-bond donors (Lipinski definition) is 0. The van der Waals surface area contributed by atoms with Crippen molar-refractivity contribution in [2.45, 2.75) is 25.5 Å². The Balaban J connectivity index is 1.57. The van der Waals surface area contributed by atoms with Gasteiger partial charge in [-0.1, -0.05) is 12.1 Å². The third kappa shape index (κ3) is 2.53. The van der Waals surface area contributed by atoms with Crippen LogP contribution in [0.3, 0.4) is 0 Å². The predicted octanol–water partition coefficient (Wildman–Crippen LogP) is 4.30. The first-order valence-electron chi connectivity index (χ1n) is 8.92. The number of rotatable bonds is 2. The summed E-state index contributed by atoms with van der Waals surface area (Å²) in [5, 5.41) is 5.42. The second kappa shape index (κ2) is 6.28. The van der Waals surface area contributed by atoms with Crippen LogP contribution in [0.2, 0.25) is 0 Å². The molecular weight excluding hydrogens is 410 g/mol. The Kier molecular flexibility index (Phi) is 3.87. The lowest BCUT2D eigenvalue weighted by Gasteiger charge is -2.23. The Morgan fingerprint density at radius 2 is 1.78 bits per heavy atom. The minimum absolute atomic E-state index is 0.0855. The highest BCUT2D eigenvalue weighted by molar-refractivity contribution is 9.10. The molecule has 0 saturated carbocycles. The number of carbonyl (C=O) groups excluding carboxylic acids is 2. The van der Waals surface area contributed by atoms with Gasteiger partial charge in [-0.3, -0.25) is 9.59 Å². The number of amides is 2. The van der Waals surface area contributed by atoms with Crippen molar-refractivity contribution in [2.75, 3.05) is 11.5 Å². The second-order valence-corrected chi connectivity index (χ2v) is 7.50. The number of carbonyl (C=O) groups is 2. The summed E-state index contributed by atoms with van der Waals surface area (Å²) in [5.41, 5.74) is 2.33. The molecule has 2 aliphatic heterocycles. The molecule has 0 radical (unpaired) electrons. The van der Waals surface area contributed by atoms with Crippen molar-refractivity contribution in [3.63, 3.8) is 0 Å². The molecular formula is C20H16BrN3O3. The highest BCUT2D eigenvalue weighted by Crippen LogP contribution is 2.35. The maximum atomic E-state index is 12.7. The van der Waals surface area contributed by atoms with Crippen molar-refractivity contribution in [3.05, 3.63) is 58.2 Å². The van der Waals surface area contributed by atoms with E-state index in [1.54, 1.807) is 30.3 Å². The van der Waals surface area contributed by atoms with Crippen molar-refractivity contribution in [3.8, 4) is 0 Å². The first-order chi connectivity index (χ1) is 13.1. The molecule has 0 bridgehead atoms. The van der Waals surface area contributed by atoms with Crippen LogP contribution in [0.25, 0.3) is 10.9 Å². The summed E-state index contributed by atoms with van der Waals surface area (Å²) >= 11 is 3.51. The standard InChI is InChI=1S/C20H16BrN3O3/c21-18-15-11-12(23-19(25)13-5-1-2-6-14(13)20(23)26)8-9-16(15)24(22-18)17-7-3-4-10-27-17/h1-2,5-6,8-9,11,17H,3-4,7,10H2. The van der Waals surface area contributed by atoms with E-state index in [0.29, 0.717) is 21.4 Å². The van der Waals surface area contributed by atoms with Gasteiger partial charge >= 0.3 is 0 Å². The molecule has 2 aromatic carbocycles. The molecule has 1 fully saturated rings. The topological polar surface area (TPSA) is 64.4 Å². The van der Waals surface area contributed by atoms with Crippen LogP contribution in [0.1, 0.15) is 46.2 Å². The molecule has 1 aromatic heterocycles. The van der Waals surface area contributed by atoms with Gasteiger partial charge in [0, 0.05) is 12.0 Å². The molecule has 0 spiro atoms. The van der Waals surface area contributed by atoms with Crippen LogP contribution < -0.4 is 4.90 Å². The number of anilines is 1. The largest absolute Gasteiger partial charge is 0.356 e. The molecule has 3 heterocycles. The zero-order chi connectivity index (χ0) is 18.5. The summed E-state index contributed by atoms with van der Waals surface area (Å²) in [4.78, 5) is 26.7. The van der Waals surface area contributed by atoms with E-state index < -0.39 is 0 Å². The quantitative estimate of drug-likeness (QED) is 0.574. The normalized spacial score (nSPS) is 19.7. The van der Waals surface area contributed by atoms with E-state index in [1.165, 1.54) is 4.90 Å². The smallest absolute Gasteiger partial charge is 0.266 e. The molecule has 5 rings (SSSR count). The fourth-order valence-electron chi connectivity index (χ4n) is 3.79. The highest BCUT2D eigenvalue weighted by atomic mass is 79.9. The molecule has 0 N–H and O–H groups in total. The number of imide groups is 1. The molecule has 2 aliphatic rings. The van der Waals surface area contributed by atoms with Crippen LogP contribution in [0.4, 0.5) is 5.69 Å². The van der Waals surface area contributed by atoms with E-state index >= 15 is 0 Å². The Morgan fingerprint density at radius 3 is 2.44 bits per heavy atom. The highest BCUT2D eigenvalue weighted by Gasteiger charge is 2.36. The number of fused-ring (bicyclic) bond motifs is 2. The minimum atomic E-state index is -0.297. The van der Waals surface area contributed by atoms with Gasteiger partial charge in [-0.2, -0.15) is 5.10 Å². The Labute approximate surface area is 163 Å². The molecule has 27 heavy (non-hydrogen) atoms. The molecule has 3 aromatic rings. The van der Waals surface area contributed by atoms with Crippen LogP contribution in [0.15, 0.2) is 47.1 Å². The maximum Gasteiger partial charge on any atom is 0.266 e. The zero-order valence-corrected chi connectivity index (χ0v) is 16.0. The summed E-state index contributed by atoms with van der Waals surface area (Å²) in [6.07, 6.45) is 3.01. The van der Waals surface area contributed by atoms with Gasteiger partial charge in [0.25, 0.3) is 11.8 Å². The van der Waals surface area contributed by atoms with Gasteiger partial charge in [0.15, 0.2) is 6.23 Å². The molecule has 6 nitrogen and oxygen atoms in total. The number of halogens is 1. The average Bonchev–Trinajstić information content (AvgIpc) is 3.17. The van der Waals surface area contributed by atoms with Gasteiger partial charge in [0.05, 0.1) is 22.3 Å². The van der Waals surface area contributed by atoms with Crippen molar-refractivity contribution < 1.29 is 14.3 Å². The summed E-state index contributed by atoms with van der Waals surface area (Å²) in [6, 6.07) is 12.4. The van der Waals surface area contributed by atoms with E-state index in [0.717, 1.165) is 36.8 Å². The lowest BCUT2D eigenvalue weighted by molar-refractivity contribution is -0.0368. The van der Waals surface area contributed by atoms with Crippen molar-refractivity contribution in [1.82, 2.24) is 9.78 Å². The Hall–Kier alpha value is -2.51. The third-order valence-electron chi connectivity index (χ3n) is 5.13. The van der Waals surface area contributed by atoms with Crippen LogP contribution >= 0.6 is 15.9 Å². The molecule has 7 heteroatoms. The SMILES string of the molecule is O=C1c2ccccc2C(=O)N1c1ccc2c(c1)c(Br)nn2C1CCCCO1. The van der Waals surface area contributed by atoms with Gasteiger partial charge in [-0.15, -0.1) is 0 Å². The van der Waals surface area contributed by atoms with Crippen molar-refractivity contribution in [2.24, 2.45) is 0 Å². The molecule has 2 amide bonds. The number of benzene rings is 2. The van der Waals surface area contributed by atoms with Crippen LogP contribution in [-0.2, 0) is 4.74 Å². The van der Waals surface area contributed by atoms with E-state index in [4.69, 9.17) is 4.74 Å². The second-order valence-electron chi connectivity index (χ2n) is 6.75. The van der Waals surface area contributed by atoms with E-state index in [9.17, 15) is 9.59 Å². The van der Waals surface area contributed by atoms with E-state index in [1.807, 2.05) is 16.8 Å². The van der Waals surface area contributed by atoms with Gasteiger partial charge in [0.2, 0.25) is 0 Å². The summed E-state index contributed by atoms with van der Waals surface area (Å²) in [6.45, 7) is 0.733. The van der Waals surface area contributed by atoms with Crippen LogP contribution in [0, 0.1) is 0 Å². The lowest BCUT2D eigenvalue weighted by atomic mass is 10.1. The van der Waals surface area contributed by atoms with Gasteiger partial charge in [-0.05, 0) is 65.5 Å². The molecule has 1 unspecified atom stereocenters. The molecule has 1 saturated heterocycles. The summed E-state index contributed by atoms with van der Waals surface area (Å²) < 4.78 is 8.40. The fourth-order valence-corrected chi connectivity index (χ4v) is 4.28. The number of ether oxygens (including phenoxy) is 1. The zero-order valence-electron chi connectivity index (χ0n) is 14.4. The average molecular weight is 426 g/mol. The van der Waals surface area contributed by atoms with Gasteiger partial charge in [-0.25, -0.2) is 9.58 Å².